The maximum Gasteiger partial charge on any atom is 0.254 e. The summed E-state index contributed by atoms with van der Waals surface area (Å²) in [5.74, 6) is 1.37. The molecular weight excluding hydrogens is 342 g/mol. The molecule has 1 saturated heterocycles. The fraction of sp³-hybridized carbons (Fsp3) is 0.450. The Labute approximate surface area is 157 Å². The molecule has 1 aromatic heterocycles. The maximum atomic E-state index is 12.9. The Hall–Kier alpha value is -2.51. The second kappa shape index (κ2) is 6.58. The number of hydrogen-bond donors (Lipinski definition) is 3. The molecule has 2 atom stereocenters. The number of rotatable bonds is 3. The lowest BCUT2D eigenvalue weighted by Gasteiger charge is -2.29. The maximum absolute atomic E-state index is 12.9. The molecule has 0 bridgehead atoms. The number of H-pyrrole nitrogens is 1. The molecule has 3 N–H and O–H groups in total. The van der Waals surface area contributed by atoms with Crippen LogP contribution in [0.3, 0.4) is 0 Å². The van der Waals surface area contributed by atoms with Gasteiger partial charge in [0.1, 0.15) is 11.9 Å². The van der Waals surface area contributed by atoms with Gasteiger partial charge in [0.25, 0.3) is 5.56 Å². The summed E-state index contributed by atoms with van der Waals surface area (Å²) >= 11 is 0. The number of aromatic nitrogens is 2. The molecule has 3 aliphatic rings. The summed E-state index contributed by atoms with van der Waals surface area (Å²) in [6.07, 6.45) is 3.90. The van der Waals surface area contributed by atoms with Crippen LogP contribution in [0.15, 0.2) is 35.1 Å². The van der Waals surface area contributed by atoms with Crippen LogP contribution < -0.4 is 16.4 Å². The predicted molar refractivity (Wildman–Crippen MR) is 101 cm³/mol. The first-order valence-corrected chi connectivity index (χ1v) is 9.66. The van der Waals surface area contributed by atoms with Crippen LogP contribution in [0.2, 0.25) is 0 Å². The second-order valence-electron chi connectivity index (χ2n) is 7.74. The van der Waals surface area contributed by atoms with E-state index in [9.17, 15) is 9.59 Å². The van der Waals surface area contributed by atoms with Gasteiger partial charge < -0.3 is 9.88 Å². The Morgan fingerprint density at radius 2 is 1.96 bits per heavy atom. The minimum Gasteiger partial charge on any atom is -0.335 e. The zero-order chi connectivity index (χ0) is 18.4. The van der Waals surface area contributed by atoms with Crippen molar-refractivity contribution in [3.05, 3.63) is 51.9 Å². The summed E-state index contributed by atoms with van der Waals surface area (Å²) in [5.41, 5.74) is 8.63. The van der Waals surface area contributed by atoms with E-state index in [2.05, 4.69) is 20.8 Å². The van der Waals surface area contributed by atoms with E-state index in [0.717, 1.165) is 12.0 Å². The average molecular weight is 365 g/mol. The van der Waals surface area contributed by atoms with Gasteiger partial charge in [0.15, 0.2) is 0 Å². The van der Waals surface area contributed by atoms with Crippen molar-refractivity contribution in [2.24, 2.45) is 5.92 Å². The van der Waals surface area contributed by atoms with Crippen molar-refractivity contribution in [3.8, 4) is 11.4 Å². The highest BCUT2D eigenvalue weighted by Gasteiger charge is 2.40. The van der Waals surface area contributed by atoms with Crippen molar-refractivity contribution in [2.75, 3.05) is 6.54 Å². The average Bonchev–Trinajstić information content (AvgIpc) is 3.44. The van der Waals surface area contributed by atoms with Crippen LogP contribution in [0.5, 0.6) is 0 Å². The molecule has 0 spiro atoms. The van der Waals surface area contributed by atoms with Crippen molar-refractivity contribution in [2.45, 2.75) is 44.3 Å². The van der Waals surface area contributed by atoms with Crippen LogP contribution in [-0.2, 0) is 17.8 Å². The summed E-state index contributed by atoms with van der Waals surface area (Å²) in [7, 11) is 0. The van der Waals surface area contributed by atoms with E-state index in [1.807, 2.05) is 35.2 Å². The molecule has 7 nitrogen and oxygen atoms in total. The molecule has 3 heterocycles. The van der Waals surface area contributed by atoms with Gasteiger partial charge in [0, 0.05) is 23.7 Å². The van der Waals surface area contributed by atoms with Crippen LogP contribution in [-0.4, -0.2) is 39.4 Å². The summed E-state index contributed by atoms with van der Waals surface area (Å²) in [4.78, 5) is 34.8. The standard InChI is InChI=1S/C20H23N5O2/c26-19-14-8-9-25(20(27)16-10-15(23-24-16)12-6-7-12)11-17(14)21-18(22-19)13-4-2-1-3-5-13/h1-5,12,15-16,23-24H,6-11H2,(H,21,22,26). The van der Waals surface area contributed by atoms with Gasteiger partial charge in [-0.2, -0.15) is 0 Å². The molecule has 2 aliphatic heterocycles. The number of nitrogens with zero attached hydrogens (tertiary/aromatic N) is 2. The summed E-state index contributed by atoms with van der Waals surface area (Å²) in [6.45, 7) is 0.956. The highest BCUT2D eigenvalue weighted by Crippen LogP contribution is 2.36. The molecular formula is C20H23N5O2. The summed E-state index contributed by atoms with van der Waals surface area (Å²) in [6, 6.07) is 9.82. The van der Waals surface area contributed by atoms with E-state index in [0.29, 0.717) is 48.6 Å². The van der Waals surface area contributed by atoms with Gasteiger partial charge in [-0.1, -0.05) is 30.3 Å². The van der Waals surface area contributed by atoms with Crippen molar-refractivity contribution in [1.29, 1.82) is 0 Å². The summed E-state index contributed by atoms with van der Waals surface area (Å²) < 4.78 is 0. The molecule has 140 valence electrons. The van der Waals surface area contributed by atoms with Gasteiger partial charge in [0.2, 0.25) is 5.91 Å². The fourth-order valence-electron chi connectivity index (χ4n) is 4.13. The predicted octanol–water partition coefficient (Wildman–Crippen LogP) is 0.967. The molecule has 0 radical (unpaired) electrons. The number of nitrogens with one attached hydrogen (secondary N) is 3. The number of fused-ring (bicyclic) bond motifs is 1. The van der Waals surface area contributed by atoms with Gasteiger partial charge in [0.05, 0.1) is 12.2 Å². The first kappa shape index (κ1) is 16.6. The Morgan fingerprint density at radius 3 is 2.74 bits per heavy atom. The lowest BCUT2D eigenvalue weighted by Crippen LogP contribution is -2.48. The molecule has 2 fully saturated rings. The number of hydrazine groups is 1. The molecule has 5 rings (SSSR count). The first-order chi connectivity index (χ1) is 13.2. The molecule has 7 heteroatoms. The normalized spacial score (nSPS) is 24.7. The van der Waals surface area contributed by atoms with E-state index >= 15 is 0 Å². The highest BCUT2D eigenvalue weighted by atomic mass is 16.2. The minimum absolute atomic E-state index is 0.0968. The zero-order valence-electron chi connectivity index (χ0n) is 15.1. The van der Waals surface area contributed by atoms with Crippen molar-refractivity contribution in [1.82, 2.24) is 25.7 Å². The second-order valence-corrected chi connectivity index (χ2v) is 7.74. The van der Waals surface area contributed by atoms with Crippen molar-refractivity contribution in [3.63, 3.8) is 0 Å². The van der Waals surface area contributed by atoms with E-state index in [1.54, 1.807) is 0 Å². The van der Waals surface area contributed by atoms with Crippen LogP contribution in [0, 0.1) is 5.92 Å². The lowest BCUT2D eigenvalue weighted by molar-refractivity contribution is -0.134. The number of benzene rings is 1. The topological polar surface area (TPSA) is 90.1 Å². The third kappa shape index (κ3) is 3.17. The van der Waals surface area contributed by atoms with E-state index in [4.69, 9.17) is 0 Å². The SMILES string of the molecule is O=C(C1CC(C2CC2)NN1)N1CCc2c(nc(-c3ccccc3)[nH]c2=O)C1. The van der Waals surface area contributed by atoms with E-state index in [-0.39, 0.29) is 17.5 Å². The number of amides is 1. The first-order valence-electron chi connectivity index (χ1n) is 9.66. The number of aromatic amines is 1. The number of carbonyl (C=O) groups is 1. The van der Waals surface area contributed by atoms with Crippen LogP contribution in [0.25, 0.3) is 11.4 Å². The lowest BCUT2D eigenvalue weighted by atomic mass is 10.0. The smallest absolute Gasteiger partial charge is 0.254 e. The van der Waals surface area contributed by atoms with Gasteiger partial charge in [-0.15, -0.1) is 0 Å². The molecule has 1 aromatic carbocycles. The molecule has 1 aliphatic carbocycles. The largest absolute Gasteiger partial charge is 0.335 e. The third-order valence-corrected chi connectivity index (χ3v) is 5.85. The molecule has 1 amide bonds. The number of hydrogen-bond acceptors (Lipinski definition) is 5. The summed E-state index contributed by atoms with van der Waals surface area (Å²) in [5, 5.41) is 0. The Morgan fingerprint density at radius 1 is 1.15 bits per heavy atom. The Kier molecular flexibility index (Phi) is 4.06. The number of carbonyl (C=O) groups excluding carboxylic acids is 1. The van der Waals surface area contributed by atoms with Crippen molar-refractivity contribution >= 4 is 5.91 Å². The van der Waals surface area contributed by atoms with Gasteiger partial charge >= 0.3 is 0 Å². The molecule has 27 heavy (non-hydrogen) atoms. The third-order valence-electron chi connectivity index (χ3n) is 5.85. The van der Waals surface area contributed by atoms with E-state index in [1.165, 1.54) is 12.8 Å². The highest BCUT2D eigenvalue weighted by molar-refractivity contribution is 5.82. The minimum atomic E-state index is -0.187. The van der Waals surface area contributed by atoms with Gasteiger partial charge in [-0.3, -0.25) is 15.0 Å². The van der Waals surface area contributed by atoms with E-state index < -0.39 is 0 Å². The van der Waals surface area contributed by atoms with Crippen LogP contribution in [0.4, 0.5) is 0 Å². The fourth-order valence-corrected chi connectivity index (χ4v) is 4.13. The van der Waals surface area contributed by atoms with Crippen LogP contribution in [0.1, 0.15) is 30.5 Å². The zero-order valence-corrected chi connectivity index (χ0v) is 15.1. The molecule has 2 unspecified atom stereocenters. The van der Waals surface area contributed by atoms with Crippen LogP contribution >= 0.6 is 0 Å². The van der Waals surface area contributed by atoms with Gasteiger partial charge in [-0.05, 0) is 31.6 Å². The van der Waals surface area contributed by atoms with Crippen molar-refractivity contribution < 1.29 is 4.79 Å². The van der Waals surface area contributed by atoms with Gasteiger partial charge in [-0.25, -0.2) is 10.4 Å². The quantitative estimate of drug-likeness (QED) is 0.754. The Bertz CT molecular complexity index is 922. The molecule has 1 saturated carbocycles. The monoisotopic (exact) mass is 365 g/mol. The molecule has 2 aromatic rings. The Balaban J connectivity index is 1.36.